The highest BCUT2D eigenvalue weighted by Gasteiger charge is 2.33. The minimum Gasteiger partial charge on any atom is -0.371 e. The van der Waals surface area contributed by atoms with Gasteiger partial charge in [-0.05, 0) is 50.3 Å². The lowest BCUT2D eigenvalue weighted by Crippen LogP contribution is -2.41. The highest BCUT2D eigenvalue weighted by Crippen LogP contribution is 2.30. The molecule has 6 nitrogen and oxygen atoms in total. The van der Waals surface area contributed by atoms with Crippen LogP contribution in [0.5, 0.6) is 0 Å². The first-order chi connectivity index (χ1) is 12.0. The summed E-state index contributed by atoms with van der Waals surface area (Å²) in [5.41, 5.74) is 12.8. The highest BCUT2D eigenvalue weighted by molar-refractivity contribution is 6.01. The van der Waals surface area contributed by atoms with Crippen LogP contribution in [0.25, 0.3) is 0 Å². The molecule has 0 atom stereocenters. The van der Waals surface area contributed by atoms with Crippen molar-refractivity contribution < 1.29 is 9.59 Å². The van der Waals surface area contributed by atoms with Crippen molar-refractivity contribution >= 4 is 23.2 Å². The zero-order valence-corrected chi connectivity index (χ0v) is 15.3. The third-order valence-corrected chi connectivity index (χ3v) is 5.44. The summed E-state index contributed by atoms with van der Waals surface area (Å²) in [5, 5.41) is 2.98. The average molecular weight is 346 g/mol. The van der Waals surface area contributed by atoms with E-state index in [0.29, 0.717) is 30.6 Å². The number of primary amides is 1. The van der Waals surface area contributed by atoms with Crippen LogP contribution in [0, 0.1) is 5.41 Å². The molecule has 2 rings (SSSR count). The van der Waals surface area contributed by atoms with Gasteiger partial charge >= 0.3 is 0 Å². The molecular weight excluding hydrogens is 316 g/mol. The van der Waals surface area contributed by atoms with Gasteiger partial charge in [0, 0.05) is 25.3 Å². The molecule has 1 saturated heterocycles. The summed E-state index contributed by atoms with van der Waals surface area (Å²) >= 11 is 0. The zero-order valence-electron chi connectivity index (χ0n) is 15.3. The van der Waals surface area contributed by atoms with E-state index in [0.717, 1.165) is 31.6 Å². The first kappa shape index (κ1) is 19.2. The van der Waals surface area contributed by atoms with Crippen molar-refractivity contribution in [1.29, 1.82) is 0 Å². The summed E-state index contributed by atoms with van der Waals surface area (Å²) in [6.45, 7) is 6.06. The first-order valence-electron chi connectivity index (χ1n) is 9.17. The average Bonchev–Trinajstić information content (AvgIpc) is 2.64. The van der Waals surface area contributed by atoms with Gasteiger partial charge in [-0.25, -0.2) is 0 Å². The molecule has 6 heteroatoms. The fourth-order valence-electron chi connectivity index (χ4n) is 3.43. The van der Waals surface area contributed by atoms with E-state index in [1.807, 2.05) is 19.9 Å². The molecule has 0 spiro atoms. The second kappa shape index (κ2) is 8.34. The number of nitrogens with one attached hydrogen (secondary N) is 1. The van der Waals surface area contributed by atoms with Crippen molar-refractivity contribution in [2.45, 2.75) is 46.0 Å². The Bertz CT molecular complexity index is 612. The van der Waals surface area contributed by atoms with Crippen LogP contribution < -0.4 is 21.7 Å². The molecule has 0 radical (unpaired) electrons. The van der Waals surface area contributed by atoms with E-state index in [2.05, 4.69) is 10.2 Å². The van der Waals surface area contributed by atoms with Crippen LogP contribution in [0.2, 0.25) is 0 Å². The first-order valence-corrected chi connectivity index (χ1v) is 9.17. The Hall–Kier alpha value is -2.08. The maximum Gasteiger partial charge on any atom is 0.250 e. The van der Waals surface area contributed by atoms with Gasteiger partial charge in [0.15, 0.2) is 0 Å². The lowest BCUT2D eigenvalue weighted by Gasteiger charge is -2.31. The molecule has 0 aliphatic carbocycles. The Labute approximate surface area is 149 Å². The van der Waals surface area contributed by atoms with E-state index < -0.39 is 11.3 Å². The Morgan fingerprint density at radius 2 is 1.80 bits per heavy atom. The van der Waals surface area contributed by atoms with Crippen LogP contribution in [0.1, 0.15) is 56.3 Å². The quantitative estimate of drug-likeness (QED) is 0.706. The van der Waals surface area contributed by atoms with Crippen molar-refractivity contribution in [2.24, 2.45) is 16.9 Å². The molecule has 5 N–H and O–H groups in total. The van der Waals surface area contributed by atoms with E-state index in [1.165, 1.54) is 6.42 Å². The van der Waals surface area contributed by atoms with Crippen LogP contribution in [0.3, 0.4) is 0 Å². The zero-order chi connectivity index (χ0) is 18.4. The Morgan fingerprint density at radius 3 is 2.32 bits per heavy atom. The van der Waals surface area contributed by atoms with Crippen molar-refractivity contribution in [2.75, 3.05) is 29.9 Å². The van der Waals surface area contributed by atoms with E-state index in [9.17, 15) is 9.59 Å². The van der Waals surface area contributed by atoms with Crippen molar-refractivity contribution in [3.63, 3.8) is 0 Å². The molecule has 25 heavy (non-hydrogen) atoms. The number of hydrogen-bond acceptors (Lipinski definition) is 4. The number of rotatable bonds is 7. The van der Waals surface area contributed by atoms with Crippen molar-refractivity contribution in [3.05, 3.63) is 23.8 Å². The monoisotopic (exact) mass is 346 g/mol. The molecule has 2 amide bonds. The number of nitrogens with two attached hydrogens (primary N) is 2. The summed E-state index contributed by atoms with van der Waals surface area (Å²) in [6.07, 6.45) is 4.76. The number of carbonyl (C=O) groups is 2. The lowest BCUT2D eigenvalue weighted by molar-refractivity contribution is -0.125. The third-order valence-electron chi connectivity index (χ3n) is 5.44. The third kappa shape index (κ3) is 4.12. The Morgan fingerprint density at radius 1 is 1.16 bits per heavy atom. The molecule has 138 valence electrons. The van der Waals surface area contributed by atoms with Gasteiger partial charge in [-0.2, -0.15) is 0 Å². The van der Waals surface area contributed by atoms with Crippen molar-refractivity contribution in [3.8, 4) is 0 Å². The highest BCUT2D eigenvalue weighted by atomic mass is 16.2. The number of nitrogens with zero attached hydrogens (tertiary/aromatic N) is 1. The molecule has 1 aliphatic rings. The van der Waals surface area contributed by atoms with Gasteiger partial charge in [0.1, 0.15) is 0 Å². The van der Waals surface area contributed by atoms with E-state index in [1.54, 1.807) is 12.1 Å². The van der Waals surface area contributed by atoms with E-state index in [4.69, 9.17) is 11.5 Å². The topological polar surface area (TPSA) is 101 Å². The normalized spacial score (nSPS) is 15.1. The Kier molecular flexibility index (Phi) is 6.42. The molecule has 1 aliphatic heterocycles. The number of piperidine rings is 1. The lowest BCUT2D eigenvalue weighted by atomic mass is 9.81. The summed E-state index contributed by atoms with van der Waals surface area (Å²) in [4.78, 5) is 26.7. The number of carbonyl (C=O) groups excluding carboxylic acids is 2. The smallest absolute Gasteiger partial charge is 0.250 e. The molecule has 1 fully saturated rings. The van der Waals surface area contributed by atoms with Crippen LogP contribution in [0.15, 0.2) is 18.2 Å². The van der Waals surface area contributed by atoms with Crippen molar-refractivity contribution in [1.82, 2.24) is 0 Å². The fourth-order valence-corrected chi connectivity index (χ4v) is 3.43. The standard InChI is InChI=1S/C19H30N4O2/c1-3-19(4-2,13-20)18(25)22-14-8-9-15(17(21)24)16(12-14)23-10-6-5-7-11-23/h8-9,12H,3-7,10-11,13,20H2,1-2H3,(H2,21,24)(H,22,25). The van der Waals surface area contributed by atoms with Crippen LogP contribution in [-0.4, -0.2) is 31.4 Å². The fraction of sp³-hybridized carbons (Fsp3) is 0.579. The summed E-state index contributed by atoms with van der Waals surface area (Å²) in [6, 6.07) is 5.29. The number of hydrogen-bond donors (Lipinski definition) is 3. The van der Waals surface area contributed by atoms with Gasteiger partial charge in [0.2, 0.25) is 5.91 Å². The predicted octanol–water partition coefficient (Wildman–Crippen LogP) is 2.48. The van der Waals surface area contributed by atoms with Crippen LogP contribution in [0.4, 0.5) is 11.4 Å². The van der Waals surface area contributed by atoms with Crippen LogP contribution in [-0.2, 0) is 4.79 Å². The largest absolute Gasteiger partial charge is 0.371 e. The summed E-state index contributed by atoms with van der Waals surface area (Å²) < 4.78 is 0. The van der Waals surface area contributed by atoms with E-state index >= 15 is 0 Å². The minimum atomic E-state index is -0.562. The van der Waals surface area contributed by atoms with Gasteiger partial charge in [0.25, 0.3) is 5.91 Å². The molecule has 0 bridgehead atoms. The van der Waals surface area contributed by atoms with Gasteiger partial charge < -0.3 is 21.7 Å². The van der Waals surface area contributed by atoms with Gasteiger partial charge in [0.05, 0.1) is 16.7 Å². The minimum absolute atomic E-state index is 0.0728. The van der Waals surface area contributed by atoms with Gasteiger partial charge in [-0.1, -0.05) is 13.8 Å². The molecule has 0 unspecified atom stereocenters. The summed E-state index contributed by atoms with van der Waals surface area (Å²) in [7, 11) is 0. The number of amides is 2. The van der Waals surface area contributed by atoms with Gasteiger partial charge in [-0.3, -0.25) is 9.59 Å². The maximum absolute atomic E-state index is 12.7. The molecule has 0 saturated carbocycles. The number of anilines is 2. The molecule has 1 aromatic rings. The maximum atomic E-state index is 12.7. The van der Waals surface area contributed by atoms with E-state index in [-0.39, 0.29) is 5.91 Å². The second-order valence-corrected chi connectivity index (χ2v) is 6.79. The molecule has 1 aromatic carbocycles. The second-order valence-electron chi connectivity index (χ2n) is 6.79. The number of benzene rings is 1. The van der Waals surface area contributed by atoms with Crippen LogP contribution >= 0.6 is 0 Å². The molecular formula is C19H30N4O2. The predicted molar refractivity (Wildman–Crippen MR) is 102 cm³/mol. The summed E-state index contributed by atoms with van der Waals surface area (Å²) in [5.74, 6) is -0.520. The molecule has 0 aromatic heterocycles. The molecule has 1 heterocycles. The Balaban J connectivity index is 2.30. The SMILES string of the molecule is CCC(CC)(CN)C(=O)Nc1ccc(C(N)=O)c(N2CCCCC2)c1. The van der Waals surface area contributed by atoms with Gasteiger partial charge in [-0.15, -0.1) is 0 Å².